The molecule has 0 spiro atoms. The fourth-order valence-corrected chi connectivity index (χ4v) is 2.88. The number of aromatic amines is 2. The van der Waals surface area contributed by atoms with Crippen LogP contribution in [0.1, 0.15) is 6.23 Å². The number of aliphatic hydroxyl groups is 2. The van der Waals surface area contributed by atoms with E-state index < -0.39 is 50.0 Å². The van der Waals surface area contributed by atoms with Gasteiger partial charge in [-0.2, -0.15) is 0 Å². The predicted molar refractivity (Wildman–Crippen MR) is 78.6 cm³/mol. The Morgan fingerprint density at radius 3 is 2.75 bits per heavy atom. The first-order valence-corrected chi connectivity index (χ1v) is 8.85. The van der Waals surface area contributed by atoms with Gasteiger partial charge in [-0.05, 0) is 0 Å². The van der Waals surface area contributed by atoms with Crippen molar-refractivity contribution in [2.45, 2.75) is 24.5 Å². The monoisotopic (exact) mass is 362 g/mol. The molecule has 1 unspecified atom stereocenters. The number of rotatable bonds is 4. The lowest BCUT2D eigenvalue weighted by atomic mass is 10.1. The van der Waals surface area contributed by atoms with Crippen LogP contribution < -0.4 is 11.2 Å². The van der Waals surface area contributed by atoms with E-state index in [4.69, 9.17) is 14.2 Å². The zero-order valence-electron chi connectivity index (χ0n) is 12.3. The molecule has 0 radical (unpaired) electrons. The zero-order valence-corrected chi connectivity index (χ0v) is 13.2. The molecule has 0 aliphatic carbocycles. The Hall–Kier alpha value is -1.82. The van der Waals surface area contributed by atoms with E-state index in [0.29, 0.717) is 0 Å². The van der Waals surface area contributed by atoms with Gasteiger partial charge in [-0.1, -0.05) is 0 Å². The van der Waals surface area contributed by atoms with Crippen LogP contribution in [0.5, 0.6) is 0 Å². The van der Waals surface area contributed by atoms with Crippen LogP contribution in [0.2, 0.25) is 0 Å². The molecule has 0 aromatic carbocycles. The molecule has 0 bridgehead atoms. The molecule has 1 saturated heterocycles. The zero-order chi connectivity index (χ0) is 17.6. The average Bonchev–Trinajstić information content (AvgIpc) is 3.00. The molecule has 0 saturated carbocycles. The molecule has 1 aliphatic rings. The summed E-state index contributed by atoms with van der Waals surface area (Å²) in [6.07, 6.45) is -3.94. The number of H-pyrrole nitrogens is 2. The summed E-state index contributed by atoms with van der Waals surface area (Å²) in [7, 11) is -3.78. The lowest BCUT2D eigenvalue weighted by Crippen LogP contribution is -2.33. The highest BCUT2D eigenvalue weighted by Gasteiger charge is 2.44. The average molecular weight is 362 g/mol. The summed E-state index contributed by atoms with van der Waals surface area (Å²) in [6.45, 7) is 0.547. The molecule has 2 aromatic rings. The summed E-state index contributed by atoms with van der Waals surface area (Å²) in [6, 6.07) is 0. The Morgan fingerprint density at radius 2 is 2.08 bits per heavy atom. The number of hydrogen-bond donors (Lipinski definition) is 5. The smallest absolute Gasteiger partial charge is 0.327 e. The number of nitrogens with one attached hydrogen (secondary N) is 2. The highest BCUT2D eigenvalue weighted by molar-refractivity contribution is 7.51. The van der Waals surface area contributed by atoms with Crippen LogP contribution in [0.4, 0.5) is 0 Å². The van der Waals surface area contributed by atoms with E-state index in [-0.39, 0.29) is 11.2 Å². The first-order chi connectivity index (χ1) is 11.2. The molecule has 2 aromatic heterocycles. The predicted octanol–water partition coefficient (Wildman–Crippen LogP) is -2.14. The lowest BCUT2D eigenvalue weighted by Gasteiger charge is -2.16. The number of hydrogen-bond acceptors (Lipinski definition) is 8. The minimum atomic E-state index is -3.78. The van der Waals surface area contributed by atoms with Crippen LogP contribution in [0, 0.1) is 0 Å². The van der Waals surface area contributed by atoms with Crippen molar-refractivity contribution in [2.24, 2.45) is 0 Å². The van der Waals surface area contributed by atoms with Crippen molar-refractivity contribution in [2.75, 3.05) is 13.3 Å². The number of aliphatic hydroxyl groups excluding tert-OH is 2. The lowest BCUT2D eigenvalue weighted by molar-refractivity contribution is -0.0483. The molecule has 1 fully saturated rings. The summed E-state index contributed by atoms with van der Waals surface area (Å²) >= 11 is 0. The molecule has 12 nitrogen and oxygen atoms in total. The van der Waals surface area contributed by atoms with Crippen molar-refractivity contribution in [1.82, 2.24) is 19.5 Å². The van der Waals surface area contributed by atoms with E-state index in [0.717, 1.165) is 13.0 Å². The number of imidazole rings is 1. The van der Waals surface area contributed by atoms with Crippen LogP contribution in [-0.4, -0.2) is 66.2 Å². The van der Waals surface area contributed by atoms with Gasteiger partial charge in [-0.3, -0.25) is 23.9 Å². The van der Waals surface area contributed by atoms with Gasteiger partial charge in [0.2, 0.25) is 0 Å². The summed E-state index contributed by atoms with van der Waals surface area (Å²) in [4.78, 5) is 40.4. The fraction of sp³-hybridized carbons (Fsp3) is 0.545. The molecule has 1 aliphatic heterocycles. The van der Waals surface area contributed by atoms with Crippen LogP contribution in [0.25, 0.3) is 11.2 Å². The van der Waals surface area contributed by atoms with Crippen LogP contribution in [0.15, 0.2) is 15.9 Å². The quantitative estimate of drug-likeness (QED) is 0.379. The van der Waals surface area contributed by atoms with E-state index in [9.17, 15) is 24.4 Å². The van der Waals surface area contributed by atoms with Gasteiger partial charge < -0.3 is 24.4 Å². The van der Waals surface area contributed by atoms with Gasteiger partial charge in [0.25, 0.3) is 5.56 Å². The Kier molecular flexibility index (Phi) is 4.20. The van der Waals surface area contributed by atoms with Gasteiger partial charge in [0.15, 0.2) is 11.7 Å². The van der Waals surface area contributed by atoms with E-state index in [1.54, 1.807) is 0 Å². The van der Waals surface area contributed by atoms with Crippen molar-refractivity contribution < 1.29 is 28.9 Å². The van der Waals surface area contributed by atoms with Gasteiger partial charge in [-0.25, -0.2) is 9.78 Å². The third-order valence-corrected chi connectivity index (χ3v) is 4.19. The first kappa shape index (κ1) is 17.0. The molecule has 3 heterocycles. The summed E-state index contributed by atoms with van der Waals surface area (Å²) in [5.41, 5.74) is -1.56. The molecule has 3 rings (SSSR count). The van der Waals surface area contributed by atoms with E-state index in [1.807, 2.05) is 4.98 Å². The van der Waals surface area contributed by atoms with Crippen molar-refractivity contribution in [1.29, 1.82) is 0 Å². The maximum atomic E-state index is 11.7. The van der Waals surface area contributed by atoms with Crippen molar-refractivity contribution in [3.8, 4) is 0 Å². The Morgan fingerprint density at radius 1 is 1.38 bits per heavy atom. The molecule has 0 amide bonds. The Balaban J connectivity index is 1.92. The molecule has 5 N–H and O–H groups in total. The number of ether oxygens (including phenoxy) is 1. The van der Waals surface area contributed by atoms with Gasteiger partial charge in [0.1, 0.15) is 24.0 Å². The first-order valence-electron chi connectivity index (χ1n) is 6.83. The third-order valence-electron chi connectivity index (χ3n) is 3.56. The van der Waals surface area contributed by atoms with Gasteiger partial charge in [0, 0.05) is 6.66 Å². The van der Waals surface area contributed by atoms with Gasteiger partial charge >= 0.3 is 13.3 Å². The minimum Gasteiger partial charge on any atom is -0.387 e. The normalized spacial score (nSPS) is 29.8. The van der Waals surface area contributed by atoms with Gasteiger partial charge in [0.05, 0.1) is 12.9 Å². The third kappa shape index (κ3) is 3.07. The molecule has 5 atom stereocenters. The molecular weight excluding hydrogens is 347 g/mol. The van der Waals surface area contributed by atoms with Crippen LogP contribution in [0.3, 0.4) is 0 Å². The molecule has 13 heteroatoms. The number of fused-ring (bicyclic) bond motifs is 1. The maximum absolute atomic E-state index is 11.7. The SMILES string of the molecule is CP(=O)(O)OC[C@H]1O[C@@H](n2cnc3c(=O)[nH]c(=O)[nH]c32)[C@H](O)[C@@H]1O. The largest absolute Gasteiger partial charge is 0.387 e. The number of nitrogens with zero attached hydrogens (tertiary/aromatic N) is 2. The van der Waals surface area contributed by atoms with Crippen LogP contribution >= 0.6 is 7.60 Å². The number of aromatic nitrogens is 4. The topological polar surface area (TPSA) is 180 Å². The second kappa shape index (κ2) is 5.92. The highest BCUT2D eigenvalue weighted by Crippen LogP contribution is 2.39. The summed E-state index contributed by atoms with van der Waals surface area (Å²) in [5, 5.41) is 20.1. The van der Waals surface area contributed by atoms with Gasteiger partial charge in [-0.15, -0.1) is 0 Å². The molecular formula is C11H15N4O8P. The molecule has 132 valence electrons. The van der Waals surface area contributed by atoms with E-state index in [1.165, 1.54) is 4.57 Å². The summed E-state index contributed by atoms with van der Waals surface area (Å²) in [5.74, 6) is 0. The fourth-order valence-electron chi connectivity index (χ4n) is 2.45. The second-order valence-electron chi connectivity index (χ2n) is 5.40. The standard InChI is InChI=1S/C11H15N4O8P/c1-24(20,21)22-2-4-6(16)7(17)10(23-4)15-3-12-5-8(15)13-11(19)14-9(5)18/h3-4,6-7,10,16-17H,2H2,1H3,(H,20,21)(H2,13,14,18,19)/t4-,6-,7-,10-/m1/s1. The summed E-state index contributed by atoms with van der Waals surface area (Å²) < 4.78 is 22.5. The van der Waals surface area contributed by atoms with Crippen molar-refractivity contribution >= 4 is 18.8 Å². The highest BCUT2D eigenvalue weighted by atomic mass is 31.2. The van der Waals surface area contributed by atoms with Crippen LogP contribution in [-0.2, 0) is 13.8 Å². The van der Waals surface area contributed by atoms with Crippen molar-refractivity contribution in [3.63, 3.8) is 0 Å². The molecule has 24 heavy (non-hydrogen) atoms. The van der Waals surface area contributed by atoms with E-state index in [2.05, 4.69) is 9.97 Å². The maximum Gasteiger partial charge on any atom is 0.327 e. The Labute approximate surface area is 133 Å². The van der Waals surface area contributed by atoms with Crippen molar-refractivity contribution in [3.05, 3.63) is 27.2 Å². The van der Waals surface area contributed by atoms with E-state index >= 15 is 0 Å². The second-order valence-corrected chi connectivity index (χ2v) is 7.27. The Bertz CT molecular complexity index is 913. The minimum absolute atomic E-state index is 0.00453.